The first-order chi connectivity index (χ1) is 8.21. The van der Waals surface area contributed by atoms with Crippen molar-refractivity contribution in [2.75, 3.05) is 13.1 Å². The predicted molar refractivity (Wildman–Crippen MR) is 74.2 cm³/mol. The van der Waals surface area contributed by atoms with E-state index in [9.17, 15) is 5.11 Å². The number of allylic oxidation sites excluding steroid dienone is 1. The molecule has 1 saturated heterocycles. The molecule has 0 aromatic carbocycles. The summed E-state index contributed by atoms with van der Waals surface area (Å²) in [5, 5.41) is 10.6. The Kier molecular flexibility index (Phi) is 6.21. The fourth-order valence-electron chi connectivity index (χ4n) is 3.27. The SMILES string of the molecule is C=CCCCC(O)C(CC)(CC)N1CCCC1. The molecule has 1 aliphatic heterocycles. The van der Waals surface area contributed by atoms with E-state index in [1.165, 1.54) is 25.9 Å². The average molecular weight is 239 g/mol. The maximum absolute atomic E-state index is 10.6. The summed E-state index contributed by atoms with van der Waals surface area (Å²) in [4.78, 5) is 2.53. The van der Waals surface area contributed by atoms with E-state index >= 15 is 0 Å². The molecule has 1 atom stereocenters. The van der Waals surface area contributed by atoms with E-state index in [1.54, 1.807) is 0 Å². The van der Waals surface area contributed by atoms with Gasteiger partial charge in [-0.3, -0.25) is 4.90 Å². The van der Waals surface area contributed by atoms with Gasteiger partial charge in [0.2, 0.25) is 0 Å². The molecule has 1 fully saturated rings. The van der Waals surface area contributed by atoms with Crippen LogP contribution in [0.2, 0.25) is 0 Å². The van der Waals surface area contributed by atoms with Gasteiger partial charge in [-0.2, -0.15) is 0 Å². The fraction of sp³-hybridized carbons (Fsp3) is 0.867. The van der Waals surface area contributed by atoms with Crippen LogP contribution >= 0.6 is 0 Å². The molecule has 0 radical (unpaired) electrons. The molecule has 2 heteroatoms. The van der Waals surface area contributed by atoms with Crippen molar-refractivity contribution in [3.05, 3.63) is 12.7 Å². The minimum absolute atomic E-state index is 0.0255. The van der Waals surface area contributed by atoms with Crippen LogP contribution in [0.15, 0.2) is 12.7 Å². The highest BCUT2D eigenvalue weighted by atomic mass is 16.3. The molecule has 0 amide bonds. The summed E-state index contributed by atoms with van der Waals surface area (Å²) >= 11 is 0. The largest absolute Gasteiger partial charge is 0.391 e. The lowest BCUT2D eigenvalue weighted by Crippen LogP contribution is -2.55. The van der Waals surface area contributed by atoms with E-state index in [2.05, 4.69) is 25.3 Å². The van der Waals surface area contributed by atoms with Crippen molar-refractivity contribution in [1.29, 1.82) is 0 Å². The number of unbranched alkanes of at least 4 members (excludes halogenated alkanes) is 1. The molecule has 0 bridgehead atoms. The predicted octanol–water partition coefficient (Wildman–Crippen LogP) is 3.36. The summed E-state index contributed by atoms with van der Waals surface area (Å²) in [6.45, 7) is 10.5. The maximum atomic E-state index is 10.6. The lowest BCUT2D eigenvalue weighted by atomic mass is 9.82. The van der Waals surface area contributed by atoms with Crippen molar-refractivity contribution in [1.82, 2.24) is 4.90 Å². The van der Waals surface area contributed by atoms with Crippen LogP contribution in [0, 0.1) is 0 Å². The number of likely N-dealkylation sites (tertiary alicyclic amines) is 1. The minimum Gasteiger partial charge on any atom is -0.391 e. The zero-order valence-corrected chi connectivity index (χ0v) is 11.6. The molecule has 1 aliphatic rings. The van der Waals surface area contributed by atoms with Crippen molar-refractivity contribution >= 4 is 0 Å². The Balaban J connectivity index is 2.64. The Hall–Kier alpha value is -0.340. The average Bonchev–Trinajstić information content (AvgIpc) is 2.86. The quantitative estimate of drug-likeness (QED) is 0.518. The molecule has 1 N–H and O–H groups in total. The lowest BCUT2D eigenvalue weighted by Gasteiger charge is -2.44. The molecular formula is C15H29NO. The zero-order valence-electron chi connectivity index (χ0n) is 11.6. The van der Waals surface area contributed by atoms with Crippen LogP contribution in [0.3, 0.4) is 0 Å². The van der Waals surface area contributed by atoms with Gasteiger partial charge in [0, 0.05) is 5.54 Å². The van der Waals surface area contributed by atoms with Crippen LogP contribution in [-0.2, 0) is 0 Å². The van der Waals surface area contributed by atoms with Crippen molar-refractivity contribution in [2.45, 2.75) is 70.4 Å². The highest BCUT2D eigenvalue weighted by Crippen LogP contribution is 2.33. The molecule has 1 unspecified atom stereocenters. The molecule has 0 aromatic heterocycles. The summed E-state index contributed by atoms with van der Waals surface area (Å²) in [5.74, 6) is 0. The van der Waals surface area contributed by atoms with Gasteiger partial charge in [0.15, 0.2) is 0 Å². The van der Waals surface area contributed by atoms with Gasteiger partial charge in [0.1, 0.15) is 0 Å². The van der Waals surface area contributed by atoms with Gasteiger partial charge < -0.3 is 5.11 Å². The van der Waals surface area contributed by atoms with E-state index in [0.29, 0.717) is 0 Å². The third-order valence-electron chi connectivity index (χ3n) is 4.47. The number of hydrogen-bond donors (Lipinski definition) is 1. The summed E-state index contributed by atoms with van der Waals surface area (Å²) in [6.07, 6.45) is 9.43. The number of rotatable bonds is 8. The molecule has 100 valence electrons. The number of hydrogen-bond acceptors (Lipinski definition) is 2. The second-order valence-corrected chi connectivity index (χ2v) is 5.24. The van der Waals surface area contributed by atoms with Crippen molar-refractivity contribution in [3.63, 3.8) is 0 Å². The molecule has 2 nitrogen and oxygen atoms in total. The Morgan fingerprint density at radius 1 is 1.29 bits per heavy atom. The van der Waals surface area contributed by atoms with Gasteiger partial charge in [-0.05, 0) is 58.0 Å². The van der Waals surface area contributed by atoms with E-state index in [1.807, 2.05) is 6.08 Å². The van der Waals surface area contributed by atoms with Crippen LogP contribution in [0.5, 0.6) is 0 Å². The van der Waals surface area contributed by atoms with Gasteiger partial charge in [-0.1, -0.05) is 19.9 Å². The number of aliphatic hydroxyl groups is 1. The zero-order chi connectivity index (χ0) is 12.7. The minimum atomic E-state index is -0.185. The van der Waals surface area contributed by atoms with Crippen LogP contribution in [-0.4, -0.2) is 34.7 Å². The highest BCUT2D eigenvalue weighted by Gasteiger charge is 2.40. The molecule has 17 heavy (non-hydrogen) atoms. The third-order valence-corrected chi connectivity index (χ3v) is 4.47. The second-order valence-electron chi connectivity index (χ2n) is 5.24. The van der Waals surface area contributed by atoms with Crippen LogP contribution in [0.1, 0.15) is 58.8 Å². The smallest absolute Gasteiger partial charge is 0.0723 e. The van der Waals surface area contributed by atoms with E-state index in [4.69, 9.17) is 0 Å². The van der Waals surface area contributed by atoms with E-state index < -0.39 is 0 Å². The monoisotopic (exact) mass is 239 g/mol. The van der Waals surface area contributed by atoms with Gasteiger partial charge in [0.05, 0.1) is 6.10 Å². The Morgan fingerprint density at radius 3 is 2.35 bits per heavy atom. The van der Waals surface area contributed by atoms with Gasteiger partial charge in [-0.25, -0.2) is 0 Å². The normalized spacial score (nSPS) is 19.5. The summed E-state index contributed by atoms with van der Waals surface area (Å²) in [7, 11) is 0. The number of nitrogens with zero attached hydrogens (tertiary/aromatic N) is 1. The van der Waals surface area contributed by atoms with Crippen LogP contribution < -0.4 is 0 Å². The molecule has 0 aliphatic carbocycles. The second kappa shape index (κ2) is 7.17. The highest BCUT2D eigenvalue weighted by molar-refractivity contribution is 4.96. The molecule has 1 rings (SSSR count). The lowest BCUT2D eigenvalue weighted by molar-refractivity contribution is -0.0322. The van der Waals surface area contributed by atoms with Crippen molar-refractivity contribution in [2.24, 2.45) is 0 Å². The molecule has 1 heterocycles. The van der Waals surface area contributed by atoms with Crippen LogP contribution in [0.4, 0.5) is 0 Å². The van der Waals surface area contributed by atoms with Gasteiger partial charge >= 0.3 is 0 Å². The Labute approximate surface area is 107 Å². The van der Waals surface area contributed by atoms with E-state index in [0.717, 1.165) is 32.1 Å². The Bertz CT molecular complexity index is 217. The van der Waals surface area contributed by atoms with Gasteiger partial charge in [-0.15, -0.1) is 6.58 Å². The fourth-order valence-corrected chi connectivity index (χ4v) is 3.27. The van der Waals surface area contributed by atoms with E-state index in [-0.39, 0.29) is 11.6 Å². The number of aliphatic hydroxyl groups excluding tert-OH is 1. The molecule has 0 saturated carbocycles. The van der Waals surface area contributed by atoms with Crippen molar-refractivity contribution in [3.8, 4) is 0 Å². The third kappa shape index (κ3) is 3.32. The first-order valence-corrected chi connectivity index (χ1v) is 7.25. The topological polar surface area (TPSA) is 23.5 Å². The molecule has 0 spiro atoms. The van der Waals surface area contributed by atoms with Crippen molar-refractivity contribution < 1.29 is 5.11 Å². The van der Waals surface area contributed by atoms with Crippen LogP contribution in [0.25, 0.3) is 0 Å². The first-order valence-electron chi connectivity index (χ1n) is 7.25. The molecule has 0 aromatic rings. The summed E-state index contributed by atoms with van der Waals surface area (Å²) in [5.41, 5.74) is 0.0255. The summed E-state index contributed by atoms with van der Waals surface area (Å²) < 4.78 is 0. The first kappa shape index (κ1) is 14.7. The Morgan fingerprint density at radius 2 is 1.88 bits per heavy atom. The maximum Gasteiger partial charge on any atom is 0.0723 e. The molecular weight excluding hydrogens is 210 g/mol. The summed E-state index contributed by atoms with van der Waals surface area (Å²) in [6, 6.07) is 0. The van der Waals surface area contributed by atoms with Gasteiger partial charge in [0.25, 0.3) is 0 Å². The standard InChI is InChI=1S/C15H29NO/c1-4-7-8-11-14(17)15(5-2,6-3)16-12-9-10-13-16/h4,14,17H,1,5-13H2,2-3H3.